The van der Waals surface area contributed by atoms with Gasteiger partial charge in [-0.25, -0.2) is 4.68 Å². The summed E-state index contributed by atoms with van der Waals surface area (Å²) in [5.74, 6) is 1.32. The average molecular weight is 511 g/mol. The minimum Gasteiger partial charge on any atom is -0.492 e. The smallest absolute Gasteiger partial charge is 0.272 e. The van der Waals surface area contributed by atoms with Crippen molar-refractivity contribution >= 4 is 34.8 Å². The molecule has 2 aromatic heterocycles. The monoisotopic (exact) mass is 510 g/mol. The molecule has 180 valence electrons. The zero-order chi connectivity index (χ0) is 24.4. The summed E-state index contributed by atoms with van der Waals surface area (Å²) in [6.07, 6.45) is 1.58. The molecule has 9 heteroatoms. The zero-order valence-corrected chi connectivity index (χ0v) is 20.7. The molecule has 5 rings (SSSR count). The third kappa shape index (κ3) is 4.74. The lowest BCUT2D eigenvalue weighted by atomic mass is 10.2. The van der Waals surface area contributed by atoms with Crippen LogP contribution < -0.4 is 9.64 Å². The van der Waals surface area contributed by atoms with E-state index in [4.69, 9.17) is 32.4 Å². The number of amides is 1. The quantitative estimate of drug-likeness (QED) is 0.328. The van der Waals surface area contributed by atoms with Gasteiger partial charge in [-0.2, -0.15) is 5.10 Å². The summed E-state index contributed by atoms with van der Waals surface area (Å²) in [6, 6.07) is 18.5. The topological polar surface area (TPSA) is 63.7 Å². The first-order valence-corrected chi connectivity index (χ1v) is 12.2. The summed E-state index contributed by atoms with van der Waals surface area (Å²) >= 11 is 12.4. The molecule has 2 aromatic carbocycles. The van der Waals surface area contributed by atoms with Gasteiger partial charge in [0.1, 0.15) is 17.1 Å². The molecule has 1 amide bonds. The molecular weight excluding hydrogens is 487 g/mol. The number of hydrogen-bond acceptors (Lipinski definition) is 5. The van der Waals surface area contributed by atoms with Crippen molar-refractivity contribution < 1.29 is 13.9 Å². The van der Waals surface area contributed by atoms with Crippen LogP contribution in [0.15, 0.2) is 71.3 Å². The number of piperazine rings is 1. The molecule has 0 spiro atoms. The Morgan fingerprint density at radius 3 is 2.51 bits per heavy atom. The molecule has 35 heavy (non-hydrogen) atoms. The molecule has 3 heterocycles. The van der Waals surface area contributed by atoms with Gasteiger partial charge in [-0.05, 0) is 49.4 Å². The van der Waals surface area contributed by atoms with E-state index >= 15 is 0 Å². The van der Waals surface area contributed by atoms with Crippen molar-refractivity contribution in [1.82, 2.24) is 14.7 Å². The van der Waals surface area contributed by atoms with Crippen LogP contribution in [0.3, 0.4) is 0 Å². The van der Waals surface area contributed by atoms with E-state index < -0.39 is 0 Å². The van der Waals surface area contributed by atoms with Gasteiger partial charge in [-0.3, -0.25) is 4.79 Å². The highest BCUT2D eigenvalue weighted by Crippen LogP contribution is 2.30. The normalized spacial score (nSPS) is 13.8. The highest BCUT2D eigenvalue weighted by Gasteiger charge is 2.27. The summed E-state index contributed by atoms with van der Waals surface area (Å²) in [6.45, 7) is 5.11. The third-order valence-corrected chi connectivity index (χ3v) is 6.66. The van der Waals surface area contributed by atoms with Gasteiger partial charge in [-0.15, -0.1) is 0 Å². The van der Waals surface area contributed by atoms with Gasteiger partial charge < -0.3 is 19.0 Å². The Morgan fingerprint density at radius 1 is 1.00 bits per heavy atom. The van der Waals surface area contributed by atoms with Crippen LogP contribution in [0.25, 0.3) is 17.1 Å². The van der Waals surface area contributed by atoms with Gasteiger partial charge in [0, 0.05) is 32.2 Å². The van der Waals surface area contributed by atoms with Crippen LogP contribution in [0.1, 0.15) is 17.4 Å². The number of anilines is 1. The van der Waals surface area contributed by atoms with Crippen molar-refractivity contribution in [3.63, 3.8) is 0 Å². The maximum Gasteiger partial charge on any atom is 0.272 e. The van der Waals surface area contributed by atoms with Crippen molar-refractivity contribution in [2.75, 3.05) is 37.7 Å². The molecule has 0 aliphatic carbocycles. The number of benzene rings is 2. The van der Waals surface area contributed by atoms with E-state index in [0.717, 1.165) is 11.4 Å². The van der Waals surface area contributed by atoms with E-state index in [-0.39, 0.29) is 5.91 Å². The van der Waals surface area contributed by atoms with Gasteiger partial charge in [0.05, 0.1) is 34.3 Å². The lowest BCUT2D eigenvalue weighted by Crippen LogP contribution is -2.49. The van der Waals surface area contributed by atoms with Gasteiger partial charge in [0.25, 0.3) is 5.91 Å². The van der Waals surface area contributed by atoms with Crippen LogP contribution >= 0.6 is 23.2 Å². The summed E-state index contributed by atoms with van der Waals surface area (Å²) < 4.78 is 12.9. The lowest BCUT2D eigenvalue weighted by Gasteiger charge is -2.36. The molecule has 0 unspecified atom stereocenters. The second-order valence-corrected chi connectivity index (χ2v) is 8.90. The minimum atomic E-state index is -0.112. The standard InChI is InChI=1S/C26H24Cl2N4O3/c1-2-34-25-7-4-3-6-22(25)30-11-13-31(14-12-30)26(33)23-17-21(24-8-5-15-35-24)29-32(23)18-9-10-19(27)20(28)16-18/h3-10,15-17H,2,11-14H2,1H3. The molecule has 4 aromatic rings. The number of nitrogens with zero attached hydrogens (tertiary/aromatic N) is 4. The number of halogens is 2. The maximum absolute atomic E-state index is 13.7. The Hall–Kier alpha value is -3.42. The van der Waals surface area contributed by atoms with Gasteiger partial charge >= 0.3 is 0 Å². The third-order valence-electron chi connectivity index (χ3n) is 5.92. The molecule has 1 aliphatic heterocycles. The van der Waals surface area contributed by atoms with Gasteiger partial charge in [-0.1, -0.05) is 35.3 Å². The van der Waals surface area contributed by atoms with Crippen molar-refractivity contribution in [3.8, 4) is 22.9 Å². The van der Waals surface area contributed by atoms with Crippen LogP contribution in [0.4, 0.5) is 5.69 Å². The first kappa shape index (κ1) is 23.3. The number of aromatic nitrogens is 2. The highest BCUT2D eigenvalue weighted by atomic mass is 35.5. The molecule has 0 atom stereocenters. The summed E-state index contributed by atoms with van der Waals surface area (Å²) in [5.41, 5.74) is 2.68. The Labute approximate surface area is 213 Å². The molecular formula is C26H24Cl2N4O3. The number of ether oxygens (including phenoxy) is 1. The number of hydrogen-bond donors (Lipinski definition) is 0. The fraction of sp³-hybridized carbons (Fsp3) is 0.231. The van der Waals surface area contributed by atoms with E-state index in [1.54, 1.807) is 41.3 Å². The molecule has 0 saturated carbocycles. The molecule has 0 radical (unpaired) electrons. The van der Waals surface area contributed by atoms with Crippen LogP contribution in [-0.2, 0) is 0 Å². The molecule has 1 saturated heterocycles. The fourth-order valence-corrected chi connectivity index (χ4v) is 4.49. The lowest BCUT2D eigenvalue weighted by molar-refractivity contribution is 0.0737. The minimum absolute atomic E-state index is 0.112. The number of para-hydroxylation sites is 2. The van der Waals surface area contributed by atoms with Crippen molar-refractivity contribution in [3.05, 3.63) is 82.7 Å². The summed E-state index contributed by atoms with van der Waals surface area (Å²) in [7, 11) is 0. The van der Waals surface area contributed by atoms with Crippen molar-refractivity contribution in [2.24, 2.45) is 0 Å². The second-order valence-electron chi connectivity index (χ2n) is 8.08. The van der Waals surface area contributed by atoms with E-state index in [0.29, 0.717) is 65.7 Å². The number of furan rings is 1. The Balaban J connectivity index is 1.41. The van der Waals surface area contributed by atoms with E-state index in [9.17, 15) is 4.79 Å². The van der Waals surface area contributed by atoms with Crippen LogP contribution in [0.5, 0.6) is 5.75 Å². The zero-order valence-electron chi connectivity index (χ0n) is 19.2. The number of carbonyl (C=O) groups is 1. The van der Waals surface area contributed by atoms with Crippen LogP contribution in [-0.4, -0.2) is 53.4 Å². The Bertz CT molecular complexity index is 1330. The first-order chi connectivity index (χ1) is 17.0. The van der Waals surface area contributed by atoms with Crippen LogP contribution in [0, 0.1) is 0 Å². The van der Waals surface area contributed by atoms with E-state index in [1.807, 2.05) is 36.1 Å². The van der Waals surface area contributed by atoms with Gasteiger partial charge in [0.2, 0.25) is 0 Å². The van der Waals surface area contributed by atoms with Crippen LogP contribution in [0.2, 0.25) is 10.0 Å². The maximum atomic E-state index is 13.7. The molecule has 1 fully saturated rings. The molecule has 7 nitrogen and oxygen atoms in total. The predicted octanol–water partition coefficient (Wildman–Crippen LogP) is 5.80. The fourth-order valence-electron chi connectivity index (χ4n) is 4.20. The first-order valence-electron chi connectivity index (χ1n) is 11.4. The van der Waals surface area contributed by atoms with Crippen molar-refractivity contribution in [2.45, 2.75) is 6.92 Å². The number of rotatable bonds is 6. The Morgan fingerprint density at radius 2 is 1.80 bits per heavy atom. The second kappa shape index (κ2) is 10.1. The highest BCUT2D eigenvalue weighted by molar-refractivity contribution is 6.42. The van der Waals surface area contributed by atoms with E-state index in [2.05, 4.69) is 16.1 Å². The average Bonchev–Trinajstić information content (AvgIpc) is 3.57. The number of carbonyl (C=O) groups excluding carboxylic acids is 1. The van der Waals surface area contributed by atoms with Crippen molar-refractivity contribution in [1.29, 1.82) is 0 Å². The molecule has 1 aliphatic rings. The Kier molecular flexibility index (Phi) is 6.70. The SMILES string of the molecule is CCOc1ccccc1N1CCN(C(=O)c2cc(-c3ccco3)nn2-c2ccc(Cl)c(Cl)c2)CC1. The summed E-state index contributed by atoms with van der Waals surface area (Å²) in [5, 5.41) is 5.47. The largest absolute Gasteiger partial charge is 0.492 e. The predicted molar refractivity (Wildman–Crippen MR) is 137 cm³/mol. The van der Waals surface area contributed by atoms with Gasteiger partial charge in [0.15, 0.2) is 5.76 Å². The summed E-state index contributed by atoms with van der Waals surface area (Å²) in [4.78, 5) is 17.8. The molecule has 0 N–H and O–H groups in total. The molecule has 0 bridgehead atoms. The van der Waals surface area contributed by atoms with E-state index in [1.165, 1.54) is 0 Å².